The smallest absolute Gasteiger partial charge is 0.289 e. The monoisotopic (exact) mass is 387 g/mol. The number of amides is 1. The number of nitrogens with zero attached hydrogens (tertiary/aromatic N) is 1. The lowest BCUT2D eigenvalue weighted by Gasteiger charge is -2.39. The van der Waals surface area contributed by atoms with Crippen molar-refractivity contribution < 1.29 is 14.3 Å². The average molecular weight is 388 g/mol. The highest BCUT2D eigenvalue weighted by atomic mass is 28.4. The molecule has 1 saturated heterocycles. The molecule has 2 heterocycles. The lowest BCUT2D eigenvalue weighted by molar-refractivity contribution is -0.134. The average Bonchev–Trinajstić information content (AvgIpc) is 3.00. The Balaban J connectivity index is 1.71. The summed E-state index contributed by atoms with van der Waals surface area (Å²) < 4.78 is 6.38. The molecule has 0 bridgehead atoms. The van der Waals surface area contributed by atoms with Crippen molar-refractivity contribution in [2.45, 2.75) is 76.7 Å². The minimum atomic E-state index is -1.84. The van der Waals surface area contributed by atoms with Gasteiger partial charge in [0.2, 0.25) is 0 Å². The number of hydrogen-bond acceptors (Lipinski definition) is 3. The summed E-state index contributed by atoms with van der Waals surface area (Å²) in [5.41, 5.74) is 2.01. The molecular weight excluding hydrogens is 354 g/mol. The van der Waals surface area contributed by atoms with Crippen molar-refractivity contribution in [1.29, 1.82) is 0 Å². The Morgan fingerprint density at radius 1 is 1.19 bits per heavy atom. The Labute approximate surface area is 164 Å². The zero-order valence-corrected chi connectivity index (χ0v) is 18.3. The van der Waals surface area contributed by atoms with Gasteiger partial charge >= 0.3 is 0 Å². The SMILES string of the molecule is CC(C)(C)[Si](C)(C)OC[C@@H]1CC[C@@H]2CC(Cc3ccccc3)=C(O)C(=O)N21. The molecule has 2 aliphatic heterocycles. The van der Waals surface area contributed by atoms with Crippen LogP contribution < -0.4 is 0 Å². The van der Waals surface area contributed by atoms with E-state index in [-0.39, 0.29) is 28.8 Å². The van der Waals surface area contributed by atoms with Crippen molar-refractivity contribution in [3.8, 4) is 0 Å². The fourth-order valence-electron chi connectivity index (χ4n) is 3.83. The fraction of sp³-hybridized carbons (Fsp3) is 0.591. The number of aliphatic hydroxyl groups is 1. The van der Waals surface area contributed by atoms with Crippen molar-refractivity contribution in [1.82, 2.24) is 4.90 Å². The van der Waals surface area contributed by atoms with Crippen molar-refractivity contribution >= 4 is 14.2 Å². The lowest BCUT2D eigenvalue weighted by atomic mass is 9.93. The molecule has 0 saturated carbocycles. The Kier molecular flexibility index (Phi) is 5.55. The summed E-state index contributed by atoms with van der Waals surface area (Å²) >= 11 is 0. The number of rotatable bonds is 5. The van der Waals surface area contributed by atoms with Gasteiger partial charge in [0, 0.05) is 6.04 Å². The second-order valence-corrected chi connectivity index (χ2v) is 14.3. The van der Waals surface area contributed by atoms with E-state index in [4.69, 9.17) is 4.43 Å². The molecule has 1 aromatic carbocycles. The standard InChI is InChI=1S/C22H33NO3Si/c1-22(2,3)27(4,5)26-15-19-12-11-18-14-17(20(24)21(25)23(18)19)13-16-9-7-6-8-10-16/h6-10,18-19,24H,11-15H2,1-5H3/t18-,19+/m1/s1. The number of carbonyl (C=O) groups excluding carboxylic acids is 1. The number of fused-ring (bicyclic) bond motifs is 1. The number of hydrogen-bond donors (Lipinski definition) is 1. The van der Waals surface area contributed by atoms with Gasteiger partial charge in [0.05, 0.1) is 12.6 Å². The van der Waals surface area contributed by atoms with E-state index in [2.05, 4.69) is 33.9 Å². The molecule has 1 amide bonds. The number of carbonyl (C=O) groups is 1. The zero-order chi connectivity index (χ0) is 19.8. The van der Waals surface area contributed by atoms with E-state index in [1.165, 1.54) is 0 Å². The molecule has 0 aromatic heterocycles. The molecule has 5 heteroatoms. The molecule has 0 spiro atoms. The van der Waals surface area contributed by atoms with Crippen molar-refractivity contribution in [2.24, 2.45) is 0 Å². The Bertz CT molecular complexity index is 721. The van der Waals surface area contributed by atoms with E-state index in [1.807, 2.05) is 35.2 Å². The summed E-state index contributed by atoms with van der Waals surface area (Å²) in [4.78, 5) is 14.8. The van der Waals surface area contributed by atoms with Crippen LogP contribution in [0.5, 0.6) is 0 Å². The maximum absolute atomic E-state index is 12.9. The van der Waals surface area contributed by atoms with Crippen molar-refractivity contribution in [2.75, 3.05) is 6.61 Å². The van der Waals surface area contributed by atoms with Crippen LogP contribution in [0.15, 0.2) is 41.7 Å². The van der Waals surface area contributed by atoms with Gasteiger partial charge in [0.25, 0.3) is 5.91 Å². The molecule has 0 radical (unpaired) electrons. The zero-order valence-electron chi connectivity index (χ0n) is 17.3. The molecular formula is C22H33NO3Si. The predicted octanol–water partition coefficient (Wildman–Crippen LogP) is 4.83. The molecule has 2 aliphatic rings. The maximum Gasteiger partial charge on any atom is 0.289 e. The fourth-order valence-corrected chi connectivity index (χ4v) is 4.87. The lowest BCUT2D eigenvalue weighted by Crippen LogP contribution is -2.49. The van der Waals surface area contributed by atoms with Crippen LogP contribution >= 0.6 is 0 Å². The topological polar surface area (TPSA) is 49.8 Å². The quantitative estimate of drug-likeness (QED) is 0.737. The summed E-state index contributed by atoms with van der Waals surface area (Å²) in [5.74, 6) is -0.257. The van der Waals surface area contributed by atoms with E-state index >= 15 is 0 Å². The summed E-state index contributed by atoms with van der Waals surface area (Å²) in [6.07, 6.45) is 3.36. The molecule has 1 fully saturated rings. The molecule has 1 N–H and O–H groups in total. The van der Waals surface area contributed by atoms with Gasteiger partial charge in [-0.25, -0.2) is 0 Å². The van der Waals surface area contributed by atoms with Crippen molar-refractivity contribution in [3.63, 3.8) is 0 Å². The molecule has 4 nitrogen and oxygen atoms in total. The van der Waals surface area contributed by atoms with Gasteiger partial charge in [-0.3, -0.25) is 4.79 Å². The first-order valence-corrected chi connectivity index (χ1v) is 12.9. The first kappa shape index (κ1) is 20.1. The Hall–Kier alpha value is -1.59. The van der Waals surface area contributed by atoms with Crippen molar-refractivity contribution in [3.05, 3.63) is 47.2 Å². The van der Waals surface area contributed by atoms with E-state index < -0.39 is 8.32 Å². The third kappa shape index (κ3) is 4.14. The molecule has 27 heavy (non-hydrogen) atoms. The second kappa shape index (κ2) is 7.44. The second-order valence-electron chi connectivity index (χ2n) is 9.49. The van der Waals surface area contributed by atoms with E-state index in [1.54, 1.807) is 0 Å². The molecule has 2 atom stereocenters. The van der Waals surface area contributed by atoms with Crippen LogP contribution in [-0.4, -0.2) is 42.9 Å². The highest BCUT2D eigenvalue weighted by molar-refractivity contribution is 6.74. The minimum Gasteiger partial charge on any atom is -0.503 e. The third-order valence-electron chi connectivity index (χ3n) is 6.58. The summed E-state index contributed by atoms with van der Waals surface area (Å²) in [5, 5.41) is 10.7. The summed E-state index contributed by atoms with van der Waals surface area (Å²) in [6.45, 7) is 11.8. The summed E-state index contributed by atoms with van der Waals surface area (Å²) in [6, 6.07) is 10.3. The van der Waals surface area contributed by atoms with Gasteiger partial charge in [0.15, 0.2) is 14.1 Å². The number of aliphatic hydroxyl groups excluding tert-OH is 1. The van der Waals surface area contributed by atoms with Crippen LogP contribution in [0, 0.1) is 0 Å². The van der Waals surface area contributed by atoms with Gasteiger partial charge in [0.1, 0.15) is 0 Å². The largest absolute Gasteiger partial charge is 0.503 e. The molecule has 0 aliphatic carbocycles. The van der Waals surface area contributed by atoms with Crippen LogP contribution in [0.3, 0.4) is 0 Å². The van der Waals surface area contributed by atoms with Crippen LogP contribution in [0.2, 0.25) is 18.1 Å². The normalized spacial score (nSPS) is 23.7. The number of benzene rings is 1. The van der Waals surface area contributed by atoms with Gasteiger partial charge in [-0.15, -0.1) is 0 Å². The molecule has 148 valence electrons. The van der Waals surface area contributed by atoms with Gasteiger partial charge in [-0.2, -0.15) is 0 Å². The highest BCUT2D eigenvalue weighted by Gasteiger charge is 2.44. The minimum absolute atomic E-state index is 0.0469. The van der Waals surface area contributed by atoms with Gasteiger partial charge in [-0.1, -0.05) is 51.1 Å². The van der Waals surface area contributed by atoms with E-state index in [0.29, 0.717) is 13.0 Å². The molecule has 3 rings (SSSR count). The first-order valence-electron chi connectivity index (χ1n) is 10.0. The van der Waals surface area contributed by atoms with E-state index in [0.717, 1.165) is 30.4 Å². The predicted molar refractivity (Wildman–Crippen MR) is 111 cm³/mol. The van der Waals surface area contributed by atoms with Crippen LogP contribution in [0.1, 0.15) is 45.6 Å². The Morgan fingerprint density at radius 3 is 2.48 bits per heavy atom. The first-order chi connectivity index (χ1) is 12.6. The highest BCUT2D eigenvalue weighted by Crippen LogP contribution is 2.39. The summed E-state index contributed by atoms with van der Waals surface area (Å²) in [7, 11) is -1.84. The van der Waals surface area contributed by atoms with Crippen LogP contribution in [0.25, 0.3) is 0 Å². The Morgan fingerprint density at radius 2 is 1.85 bits per heavy atom. The van der Waals surface area contributed by atoms with E-state index in [9.17, 15) is 9.90 Å². The maximum atomic E-state index is 12.9. The molecule has 0 unspecified atom stereocenters. The third-order valence-corrected chi connectivity index (χ3v) is 11.1. The van der Waals surface area contributed by atoms with Crippen LogP contribution in [0.4, 0.5) is 0 Å². The molecule has 1 aromatic rings. The van der Waals surface area contributed by atoms with Crippen LogP contribution in [-0.2, 0) is 15.6 Å². The van der Waals surface area contributed by atoms with Gasteiger partial charge < -0.3 is 14.4 Å². The van der Waals surface area contributed by atoms with Gasteiger partial charge in [-0.05, 0) is 55.0 Å².